The van der Waals surface area contributed by atoms with Crippen molar-refractivity contribution < 1.29 is 12.8 Å². The van der Waals surface area contributed by atoms with Gasteiger partial charge in [0.2, 0.25) is 10.0 Å². The number of aromatic nitrogens is 1. The molecule has 0 spiro atoms. The van der Waals surface area contributed by atoms with Crippen molar-refractivity contribution in [3.05, 3.63) is 36.4 Å². The van der Waals surface area contributed by atoms with Gasteiger partial charge in [-0.15, -0.1) is 0 Å². The number of fused-ring (bicyclic) bond motifs is 1. The van der Waals surface area contributed by atoms with Crippen LogP contribution in [-0.4, -0.2) is 36.8 Å². The first-order valence-electron chi connectivity index (χ1n) is 6.28. The number of nitrogens with two attached hydrogens (primary N) is 1. The highest BCUT2D eigenvalue weighted by Gasteiger charge is 2.32. The van der Waals surface area contributed by atoms with Crippen molar-refractivity contribution in [1.82, 2.24) is 9.29 Å². The highest BCUT2D eigenvalue weighted by Crippen LogP contribution is 2.28. The molecule has 1 aliphatic rings. The second kappa shape index (κ2) is 4.76. The molecule has 1 atom stereocenters. The molecular weight excluding hydrogens is 281 g/mol. The third-order valence-electron chi connectivity index (χ3n) is 3.50. The molecule has 0 amide bonds. The molecule has 0 bridgehead atoms. The van der Waals surface area contributed by atoms with E-state index in [-0.39, 0.29) is 22.9 Å². The lowest BCUT2D eigenvalue weighted by molar-refractivity contribution is 0.473. The zero-order chi connectivity index (χ0) is 14.3. The Morgan fingerprint density at radius 1 is 1.35 bits per heavy atom. The van der Waals surface area contributed by atoms with Gasteiger partial charge in [0, 0.05) is 36.1 Å². The molecule has 5 nitrogen and oxygen atoms in total. The van der Waals surface area contributed by atoms with Crippen LogP contribution in [0.5, 0.6) is 0 Å². The average molecular weight is 295 g/mol. The van der Waals surface area contributed by atoms with E-state index in [1.807, 2.05) is 0 Å². The largest absolute Gasteiger partial charge is 0.326 e. The molecule has 0 radical (unpaired) electrons. The third-order valence-corrected chi connectivity index (χ3v) is 5.41. The summed E-state index contributed by atoms with van der Waals surface area (Å²) in [7, 11) is -3.74. The topological polar surface area (TPSA) is 76.3 Å². The van der Waals surface area contributed by atoms with Gasteiger partial charge in [-0.1, -0.05) is 12.1 Å². The molecule has 2 N–H and O–H groups in total. The Hall–Kier alpha value is -1.57. The van der Waals surface area contributed by atoms with Gasteiger partial charge < -0.3 is 5.73 Å². The standard InChI is InChI=1S/C13H14FN3O2S/c14-11-7-16-6-9-2-1-3-12(13(9)11)20(18,19)17-5-4-10(15)8-17/h1-3,6-7,10H,4-5,8,15H2/t10-/m0/s1. The average Bonchev–Trinajstić information content (AvgIpc) is 2.86. The molecule has 1 aromatic heterocycles. The van der Waals surface area contributed by atoms with E-state index in [0.717, 1.165) is 6.20 Å². The van der Waals surface area contributed by atoms with Gasteiger partial charge in [0.1, 0.15) is 0 Å². The quantitative estimate of drug-likeness (QED) is 0.900. The van der Waals surface area contributed by atoms with Gasteiger partial charge in [-0.25, -0.2) is 12.8 Å². The molecule has 3 rings (SSSR count). The lowest BCUT2D eigenvalue weighted by Crippen LogP contribution is -2.32. The predicted octanol–water partition coefficient (Wildman–Crippen LogP) is 1.10. The summed E-state index contributed by atoms with van der Waals surface area (Å²) in [6.45, 7) is 0.637. The van der Waals surface area contributed by atoms with E-state index in [1.54, 1.807) is 12.1 Å². The van der Waals surface area contributed by atoms with E-state index in [2.05, 4.69) is 4.98 Å². The predicted molar refractivity (Wildman–Crippen MR) is 73.1 cm³/mol. The van der Waals surface area contributed by atoms with Crippen molar-refractivity contribution in [3.63, 3.8) is 0 Å². The van der Waals surface area contributed by atoms with Crippen LogP contribution in [0.3, 0.4) is 0 Å². The van der Waals surface area contributed by atoms with Crippen LogP contribution in [-0.2, 0) is 10.0 Å². The molecule has 2 aromatic rings. The maximum atomic E-state index is 14.0. The molecule has 0 saturated carbocycles. The monoisotopic (exact) mass is 295 g/mol. The van der Waals surface area contributed by atoms with Crippen molar-refractivity contribution in [2.75, 3.05) is 13.1 Å². The van der Waals surface area contributed by atoms with Gasteiger partial charge in [-0.05, 0) is 12.5 Å². The first kappa shape index (κ1) is 13.4. The summed E-state index contributed by atoms with van der Waals surface area (Å²) in [5.74, 6) is -0.634. The summed E-state index contributed by atoms with van der Waals surface area (Å²) < 4.78 is 40.5. The first-order valence-corrected chi connectivity index (χ1v) is 7.72. The number of halogens is 1. The number of nitrogens with zero attached hydrogens (tertiary/aromatic N) is 2. The summed E-state index contributed by atoms with van der Waals surface area (Å²) in [4.78, 5) is 3.72. The molecule has 20 heavy (non-hydrogen) atoms. The van der Waals surface area contributed by atoms with Crippen LogP contribution in [0, 0.1) is 5.82 Å². The Kier molecular flexibility index (Phi) is 3.19. The molecule has 0 unspecified atom stereocenters. The molecule has 1 saturated heterocycles. The van der Waals surface area contributed by atoms with Crippen LogP contribution in [0.1, 0.15) is 6.42 Å². The van der Waals surface area contributed by atoms with Crippen molar-refractivity contribution in [2.24, 2.45) is 5.73 Å². The van der Waals surface area contributed by atoms with Gasteiger partial charge >= 0.3 is 0 Å². The number of hydrogen-bond acceptors (Lipinski definition) is 4. The fourth-order valence-corrected chi connectivity index (χ4v) is 4.22. The zero-order valence-electron chi connectivity index (χ0n) is 10.7. The second-order valence-corrected chi connectivity index (χ2v) is 6.79. The minimum Gasteiger partial charge on any atom is -0.326 e. The number of rotatable bonds is 2. The summed E-state index contributed by atoms with van der Waals surface area (Å²) in [6, 6.07) is 4.49. The van der Waals surface area contributed by atoms with E-state index in [4.69, 9.17) is 5.73 Å². The van der Waals surface area contributed by atoms with E-state index in [1.165, 1.54) is 16.6 Å². The van der Waals surface area contributed by atoms with E-state index >= 15 is 0 Å². The van der Waals surface area contributed by atoms with Crippen molar-refractivity contribution in [2.45, 2.75) is 17.4 Å². The molecule has 1 aromatic carbocycles. The van der Waals surface area contributed by atoms with Crippen LogP contribution in [0.25, 0.3) is 10.8 Å². The van der Waals surface area contributed by atoms with Gasteiger partial charge in [-0.2, -0.15) is 4.31 Å². The normalized spacial score (nSPS) is 20.6. The molecule has 7 heteroatoms. The maximum absolute atomic E-state index is 14.0. The van der Waals surface area contributed by atoms with E-state index in [0.29, 0.717) is 18.4 Å². The van der Waals surface area contributed by atoms with Gasteiger partial charge in [0.05, 0.1) is 11.1 Å². The van der Waals surface area contributed by atoms with Crippen LogP contribution in [0.4, 0.5) is 4.39 Å². The Labute approximate surface area is 116 Å². The molecule has 2 heterocycles. The summed E-state index contributed by atoms with van der Waals surface area (Å²) in [5.41, 5.74) is 5.75. The van der Waals surface area contributed by atoms with Crippen LogP contribution in [0.2, 0.25) is 0 Å². The third kappa shape index (κ3) is 2.07. The van der Waals surface area contributed by atoms with Gasteiger partial charge in [0.15, 0.2) is 5.82 Å². The first-order chi connectivity index (χ1) is 9.50. The summed E-state index contributed by atoms with van der Waals surface area (Å²) in [6.07, 6.45) is 3.10. The van der Waals surface area contributed by atoms with Crippen molar-refractivity contribution in [1.29, 1.82) is 0 Å². The second-order valence-electron chi connectivity index (χ2n) is 4.89. The molecule has 1 aliphatic heterocycles. The van der Waals surface area contributed by atoms with Crippen LogP contribution >= 0.6 is 0 Å². The molecular formula is C13H14FN3O2S. The smallest absolute Gasteiger partial charge is 0.243 e. The Balaban J connectivity index is 2.19. The van der Waals surface area contributed by atoms with Crippen molar-refractivity contribution >= 4 is 20.8 Å². The fourth-order valence-electron chi connectivity index (χ4n) is 2.49. The molecule has 106 valence electrons. The van der Waals surface area contributed by atoms with Crippen molar-refractivity contribution in [3.8, 4) is 0 Å². The van der Waals surface area contributed by atoms with E-state index < -0.39 is 15.8 Å². The summed E-state index contributed by atoms with van der Waals surface area (Å²) >= 11 is 0. The Morgan fingerprint density at radius 2 is 2.15 bits per heavy atom. The minimum absolute atomic E-state index is 0.0241. The maximum Gasteiger partial charge on any atom is 0.243 e. The van der Waals surface area contributed by atoms with E-state index in [9.17, 15) is 12.8 Å². The lowest BCUT2D eigenvalue weighted by Gasteiger charge is -2.17. The van der Waals surface area contributed by atoms with Crippen LogP contribution < -0.4 is 5.73 Å². The zero-order valence-corrected chi connectivity index (χ0v) is 11.5. The van der Waals surface area contributed by atoms with Crippen LogP contribution in [0.15, 0.2) is 35.5 Å². The Bertz CT molecular complexity index is 758. The highest BCUT2D eigenvalue weighted by molar-refractivity contribution is 7.89. The van der Waals surface area contributed by atoms with Gasteiger partial charge in [0.25, 0.3) is 0 Å². The van der Waals surface area contributed by atoms with Gasteiger partial charge in [-0.3, -0.25) is 4.98 Å². The number of hydrogen-bond donors (Lipinski definition) is 1. The minimum atomic E-state index is -3.74. The number of benzene rings is 1. The lowest BCUT2D eigenvalue weighted by atomic mass is 10.2. The SMILES string of the molecule is N[C@H]1CCN(S(=O)(=O)c2cccc3cncc(F)c23)C1. The highest BCUT2D eigenvalue weighted by atomic mass is 32.2. The Morgan fingerprint density at radius 3 is 2.85 bits per heavy atom. The molecule has 1 fully saturated rings. The molecule has 0 aliphatic carbocycles. The number of sulfonamides is 1. The summed E-state index contributed by atoms with van der Waals surface area (Å²) in [5, 5.41) is 0.553. The fraction of sp³-hybridized carbons (Fsp3) is 0.308. The number of pyridine rings is 1.